The Labute approximate surface area is 325 Å². The van der Waals surface area contributed by atoms with E-state index in [1.807, 2.05) is 12.1 Å². The van der Waals surface area contributed by atoms with Crippen LogP contribution in [0.1, 0.15) is 0 Å². The molecule has 1 heterocycles. The van der Waals surface area contributed by atoms with Crippen LogP contribution >= 0.6 is 0 Å². The molecule has 0 atom stereocenters. The first-order chi connectivity index (χ1) is 27.8. The van der Waals surface area contributed by atoms with Crippen molar-refractivity contribution in [1.29, 1.82) is 0 Å². The van der Waals surface area contributed by atoms with Gasteiger partial charge < -0.3 is 9.32 Å². The van der Waals surface area contributed by atoms with Gasteiger partial charge in [0, 0.05) is 38.8 Å². The third-order valence-electron chi connectivity index (χ3n) is 11.3. The molecule has 11 aromatic rings. The molecule has 1 aromatic heterocycles. The van der Waals surface area contributed by atoms with Gasteiger partial charge in [0.15, 0.2) is 0 Å². The van der Waals surface area contributed by atoms with E-state index < -0.39 is 0 Å². The van der Waals surface area contributed by atoms with E-state index in [9.17, 15) is 0 Å². The number of benzene rings is 10. The van der Waals surface area contributed by atoms with Crippen LogP contribution in [-0.2, 0) is 0 Å². The highest BCUT2D eigenvalue weighted by Crippen LogP contribution is 2.48. The molecule has 0 aliphatic heterocycles. The number of furan rings is 1. The molecule has 0 amide bonds. The van der Waals surface area contributed by atoms with E-state index in [1.54, 1.807) is 0 Å². The molecule has 0 unspecified atom stereocenters. The van der Waals surface area contributed by atoms with Gasteiger partial charge >= 0.3 is 0 Å². The van der Waals surface area contributed by atoms with E-state index in [-0.39, 0.29) is 0 Å². The highest BCUT2D eigenvalue weighted by Gasteiger charge is 2.23. The number of anilines is 3. The summed E-state index contributed by atoms with van der Waals surface area (Å²) in [5.41, 5.74) is 11.9. The number of nitrogens with zero attached hydrogens (tertiary/aromatic N) is 1. The van der Waals surface area contributed by atoms with Gasteiger partial charge in [-0.1, -0.05) is 182 Å². The van der Waals surface area contributed by atoms with E-state index in [2.05, 4.69) is 205 Å². The zero-order valence-electron chi connectivity index (χ0n) is 30.6. The van der Waals surface area contributed by atoms with Crippen molar-refractivity contribution < 1.29 is 4.42 Å². The van der Waals surface area contributed by atoms with E-state index in [0.717, 1.165) is 72.4 Å². The van der Waals surface area contributed by atoms with Crippen LogP contribution in [0, 0.1) is 0 Å². The molecule has 0 aliphatic carbocycles. The Hall–Kier alpha value is -7.42. The molecule has 0 spiro atoms. The van der Waals surface area contributed by atoms with Gasteiger partial charge in [-0.25, -0.2) is 0 Å². The fourth-order valence-electron chi connectivity index (χ4n) is 8.69. The molecule has 11 rings (SSSR count). The zero-order chi connectivity index (χ0) is 37.0. The number of hydrogen-bond donors (Lipinski definition) is 0. The van der Waals surface area contributed by atoms with Crippen molar-refractivity contribution in [3.05, 3.63) is 212 Å². The Morgan fingerprint density at radius 3 is 1.36 bits per heavy atom. The van der Waals surface area contributed by atoms with Crippen molar-refractivity contribution in [2.45, 2.75) is 0 Å². The summed E-state index contributed by atoms with van der Waals surface area (Å²) in [5.74, 6) is 0. The lowest BCUT2D eigenvalue weighted by Crippen LogP contribution is -2.13. The van der Waals surface area contributed by atoms with Crippen molar-refractivity contribution in [1.82, 2.24) is 0 Å². The molecule has 0 N–H and O–H groups in total. The van der Waals surface area contributed by atoms with Gasteiger partial charge in [0.05, 0.1) is 5.69 Å². The molecule has 0 aliphatic rings. The molecule has 0 saturated heterocycles. The van der Waals surface area contributed by atoms with Crippen molar-refractivity contribution in [3.8, 4) is 33.4 Å². The lowest BCUT2D eigenvalue weighted by atomic mass is 9.92. The quantitative estimate of drug-likeness (QED) is 0.160. The molecule has 2 nitrogen and oxygen atoms in total. The Morgan fingerprint density at radius 2 is 0.732 bits per heavy atom. The molecular weight excluding hydrogens is 679 g/mol. The first-order valence-corrected chi connectivity index (χ1v) is 19.2. The molecule has 56 heavy (non-hydrogen) atoms. The number of rotatable bonds is 6. The number of para-hydroxylation sites is 3. The van der Waals surface area contributed by atoms with Crippen molar-refractivity contribution in [3.63, 3.8) is 0 Å². The minimum Gasteiger partial charge on any atom is -0.455 e. The maximum absolute atomic E-state index is 6.48. The summed E-state index contributed by atoms with van der Waals surface area (Å²) >= 11 is 0. The summed E-state index contributed by atoms with van der Waals surface area (Å²) in [6, 6.07) is 76.5. The fraction of sp³-hybridized carbons (Fsp3) is 0. The van der Waals surface area contributed by atoms with Crippen LogP contribution < -0.4 is 4.90 Å². The maximum atomic E-state index is 6.48. The second-order valence-corrected chi connectivity index (χ2v) is 14.4. The van der Waals surface area contributed by atoms with Crippen molar-refractivity contribution in [2.75, 3.05) is 4.90 Å². The Kier molecular flexibility index (Phi) is 7.53. The minimum absolute atomic E-state index is 0.903. The van der Waals surface area contributed by atoms with Crippen LogP contribution in [0.4, 0.5) is 17.1 Å². The predicted molar refractivity (Wildman–Crippen MR) is 237 cm³/mol. The van der Waals surface area contributed by atoms with Crippen LogP contribution in [-0.4, -0.2) is 0 Å². The lowest BCUT2D eigenvalue weighted by molar-refractivity contribution is 0.670. The predicted octanol–water partition coefficient (Wildman–Crippen LogP) is 15.5. The van der Waals surface area contributed by atoms with E-state index in [0.29, 0.717) is 0 Å². The van der Waals surface area contributed by atoms with Crippen LogP contribution in [0.25, 0.3) is 87.6 Å². The summed E-state index contributed by atoms with van der Waals surface area (Å²) in [4.78, 5) is 2.46. The highest BCUT2D eigenvalue weighted by atomic mass is 16.3. The second-order valence-electron chi connectivity index (χ2n) is 14.4. The largest absolute Gasteiger partial charge is 0.455 e. The first kappa shape index (κ1) is 32.0. The lowest BCUT2D eigenvalue weighted by Gasteiger charge is -2.31. The molecule has 262 valence electrons. The Bertz CT molecular complexity index is 3140. The topological polar surface area (TPSA) is 16.4 Å². The monoisotopic (exact) mass is 713 g/mol. The van der Waals surface area contributed by atoms with Crippen molar-refractivity contribution in [2.24, 2.45) is 0 Å². The van der Waals surface area contributed by atoms with Gasteiger partial charge in [0.1, 0.15) is 11.2 Å². The third-order valence-corrected chi connectivity index (χ3v) is 11.3. The first-order valence-electron chi connectivity index (χ1n) is 19.2. The van der Waals surface area contributed by atoms with Crippen LogP contribution in [0.3, 0.4) is 0 Å². The standard InChI is InChI=1S/C54H35NO/c1-3-15-36(16-4-1)41-24-13-25-42(37-17-5-2-6-18-37)53(41)55(40-33-34-48-46-21-8-7-19-44(46)45-20-9-10-22-47(45)51(48)35-40)39-31-29-38(30-32-39)43-26-14-27-50-49-23-11-12-28-52(49)56-54(43)50/h1-35H. The zero-order valence-corrected chi connectivity index (χ0v) is 30.6. The van der Waals surface area contributed by atoms with E-state index in [1.165, 1.54) is 32.3 Å². The van der Waals surface area contributed by atoms with Crippen LogP contribution in [0.5, 0.6) is 0 Å². The van der Waals surface area contributed by atoms with Crippen molar-refractivity contribution >= 4 is 71.3 Å². The summed E-state index contributed by atoms with van der Waals surface area (Å²) in [7, 11) is 0. The molecule has 10 aromatic carbocycles. The van der Waals surface area contributed by atoms with Gasteiger partial charge in [-0.15, -0.1) is 0 Å². The third kappa shape index (κ3) is 5.19. The molecule has 0 radical (unpaired) electrons. The number of hydrogen-bond acceptors (Lipinski definition) is 2. The van der Waals surface area contributed by atoms with Gasteiger partial charge in [0.25, 0.3) is 0 Å². The average Bonchev–Trinajstić information content (AvgIpc) is 3.67. The number of fused-ring (bicyclic) bond motifs is 9. The summed E-state index contributed by atoms with van der Waals surface area (Å²) in [5, 5.41) is 9.79. The van der Waals surface area contributed by atoms with Gasteiger partial charge in [-0.2, -0.15) is 0 Å². The molecule has 2 heteroatoms. The van der Waals surface area contributed by atoms with Gasteiger partial charge in [-0.3, -0.25) is 0 Å². The van der Waals surface area contributed by atoms with E-state index in [4.69, 9.17) is 4.42 Å². The highest BCUT2D eigenvalue weighted by molar-refractivity contribution is 6.26. The van der Waals surface area contributed by atoms with Gasteiger partial charge in [0.2, 0.25) is 0 Å². The minimum atomic E-state index is 0.903. The maximum Gasteiger partial charge on any atom is 0.143 e. The Morgan fingerprint density at radius 1 is 0.286 bits per heavy atom. The summed E-state index contributed by atoms with van der Waals surface area (Å²) in [6.07, 6.45) is 0. The fourth-order valence-corrected chi connectivity index (χ4v) is 8.69. The molecule has 0 saturated carbocycles. The molecule has 0 bridgehead atoms. The van der Waals surface area contributed by atoms with E-state index >= 15 is 0 Å². The van der Waals surface area contributed by atoms with Crippen LogP contribution in [0.15, 0.2) is 217 Å². The SMILES string of the molecule is c1ccc(-c2cccc(-c3ccccc3)c2N(c2ccc(-c3cccc4c3oc3ccccc34)cc2)c2ccc3c4ccccc4c4ccccc4c3c2)cc1. The smallest absolute Gasteiger partial charge is 0.143 e. The summed E-state index contributed by atoms with van der Waals surface area (Å²) in [6.45, 7) is 0. The molecular formula is C54H35NO. The van der Waals surface area contributed by atoms with Gasteiger partial charge in [-0.05, 0) is 79.3 Å². The summed E-state index contributed by atoms with van der Waals surface area (Å²) < 4.78 is 6.48. The normalized spacial score (nSPS) is 11.6. The van der Waals surface area contributed by atoms with Crippen LogP contribution in [0.2, 0.25) is 0 Å². The Balaban J connectivity index is 1.18. The molecule has 0 fully saturated rings. The second kappa shape index (κ2) is 13.2. The average molecular weight is 714 g/mol.